The van der Waals surface area contributed by atoms with Gasteiger partial charge in [0.2, 0.25) is 0 Å². The van der Waals surface area contributed by atoms with Gasteiger partial charge in [0.25, 0.3) is 5.56 Å². The van der Waals surface area contributed by atoms with E-state index >= 15 is 0 Å². The van der Waals surface area contributed by atoms with Crippen molar-refractivity contribution in [2.24, 2.45) is 0 Å². The molecule has 0 aliphatic rings. The molecule has 4 aromatic rings. The fourth-order valence-electron chi connectivity index (χ4n) is 2.85. The summed E-state index contributed by atoms with van der Waals surface area (Å²) in [5, 5.41) is 4.55. The minimum absolute atomic E-state index is 0.109. The molecule has 3 aromatic heterocycles. The van der Waals surface area contributed by atoms with Gasteiger partial charge in [0.15, 0.2) is 10.8 Å². The van der Waals surface area contributed by atoms with Gasteiger partial charge in [0.1, 0.15) is 11.5 Å². The lowest BCUT2D eigenvalue weighted by molar-refractivity contribution is 0.0602. The van der Waals surface area contributed by atoms with Crippen LogP contribution in [0, 0.1) is 6.92 Å². The van der Waals surface area contributed by atoms with Crippen LogP contribution in [0.3, 0.4) is 0 Å². The Labute approximate surface area is 169 Å². The molecule has 0 amide bonds. The minimum Gasteiger partial charge on any atom is -0.465 e. The molecule has 29 heavy (non-hydrogen) atoms. The number of aryl methyl sites for hydroxylation is 1. The van der Waals surface area contributed by atoms with E-state index in [1.165, 1.54) is 24.9 Å². The molecule has 0 bridgehead atoms. The van der Waals surface area contributed by atoms with Crippen LogP contribution in [0.25, 0.3) is 22.3 Å². The molecule has 1 aromatic carbocycles. The van der Waals surface area contributed by atoms with Crippen molar-refractivity contribution in [2.45, 2.75) is 17.8 Å². The van der Waals surface area contributed by atoms with Gasteiger partial charge in [-0.15, -0.1) is 0 Å². The summed E-state index contributed by atoms with van der Waals surface area (Å²) < 4.78 is 10.1. The van der Waals surface area contributed by atoms with Crippen LogP contribution < -0.4 is 5.56 Å². The van der Waals surface area contributed by atoms with E-state index in [1.54, 1.807) is 6.92 Å². The molecule has 146 valence electrons. The molecule has 0 spiro atoms. The van der Waals surface area contributed by atoms with Crippen molar-refractivity contribution in [2.75, 3.05) is 7.11 Å². The quantitative estimate of drug-likeness (QED) is 0.304. The van der Waals surface area contributed by atoms with Gasteiger partial charge in [-0.05, 0) is 13.0 Å². The van der Waals surface area contributed by atoms with E-state index in [4.69, 9.17) is 9.26 Å². The Morgan fingerprint density at radius 3 is 2.76 bits per heavy atom. The van der Waals surface area contributed by atoms with Gasteiger partial charge in [-0.1, -0.05) is 47.3 Å². The molecule has 4 rings (SSSR count). The molecule has 0 saturated heterocycles. The first-order valence-electron chi connectivity index (χ1n) is 8.69. The number of nitrogens with one attached hydrogen (secondary N) is 1. The number of benzene rings is 1. The van der Waals surface area contributed by atoms with Gasteiger partial charge in [0.05, 0.1) is 23.8 Å². The van der Waals surface area contributed by atoms with E-state index in [9.17, 15) is 9.59 Å². The number of hydrogen-bond donors (Lipinski definition) is 1. The van der Waals surface area contributed by atoms with Crippen molar-refractivity contribution >= 4 is 28.8 Å². The van der Waals surface area contributed by atoms with Crippen LogP contribution in [-0.4, -0.2) is 33.2 Å². The number of hydrogen-bond acceptors (Lipinski definition) is 8. The third kappa shape index (κ3) is 3.90. The standard InChI is InChI=1S/C20H16N4O4S/c1-11-8-14(19(26)27-2)16-17(21-11)22-20(23-18(16)25)29-10-13-9-15(24-28-13)12-6-4-3-5-7-12/h3-9H,10H2,1-2H3,(H,21,22,23,25). The number of thioether (sulfide) groups is 1. The lowest BCUT2D eigenvalue weighted by Crippen LogP contribution is -2.16. The molecule has 3 heterocycles. The number of carbonyl (C=O) groups is 1. The van der Waals surface area contributed by atoms with E-state index in [2.05, 4.69) is 20.1 Å². The second-order valence-corrected chi connectivity index (χ2v) is 7.17. The number of H-pyrrole nitrogens is 1. The number of pyridine rings is 1. The van der Waals surface area contributed by atoms with Crippen molar-refractivity contribution < 1.29 is 14.1 Å². The molecule has 8 nitrogen and oxygen atoms in total. The SMILES string of the molecule is COC(=O)c1cc(C)nc2nc(SCc3cc(-c4ccccc4)no3)[nH]c(=O)c12. The first-order valence-corrected chi connectivity index (χ1v) is 9.67. The predicted molar refractivity (Wildman–Crippen MR) is 108 cm³/mol. The zero-order valence-electron chi connectivity index (χ0n) is 15.6. The highest BCUT2D eigenvalue weighted by Crippen LogP contribution is 2.24. The maximum atomic E-state index is 12.6. The lowest BCUT2D eigenvalue weighted by Gasteiger charge is -2.06. The summed E-state index contributed by atoms with van der Waals surface area (Å²) in [6.07, 6.45) is 0. The maximum Gasteiger partial charge on any atom is 0.338 e. The highest BCUT2D eigenvalue weighted by molar-refractivity contribution is 7.98. The van der Waals surface area contributed by atoms with Gasteiger partial charge < -0.3 is 14.2 Å². The molecule has 0 atom stereocenters. The van der Waals surface area contributed by atoms with Gasteiger partial charge in [-0.25, -0.2) is 14.8 Å². The summed E-state index contributed by atoms with van der Waals surface area (Å²) in [5.74, 6) is 0.455. The second kappa shape index (κ2) is 7.88. The van der Waals surface area contributed by atoms with E-state index < -0.39 is 11.5 Å². The number of methoxy groups -OCH3 is 1. The highest BCUT2D eigenvalue weighted by Gasteiger charge is 2.18. The molecule has 0 radical (unpaired) electrons. The molecule has 9 heteroatoms. The predicted octanol–water partition coefficient (Wildman–Crippen LogP) is 3.36. The normalized spacial score (nSPS) is 11.0. The number of nitrogens with zero attached hydrogens (tertiary/aromatic N) is 3. The van der Waals surface area contributed by atoms with Crippen molar-refractivity contribution in [3.8, 4) is 11.3 Å². The Morgan fingerprint density at radius 2 is 2.00 bits per heavy atom. The average molecular weight is 408 g/mol. The average Bonchev–Trinajstić information content (AvgIpc) is 3.20. The molecule has 0 saturated carbocycles. The maximum absolute atomic E-state index is 12.6. The van der Waals surface area contributed by atoms with Crippen molar-refractivity contribution in [1.82, 2.24) is 20.1 Å². The van der Waals surface area contributed by atoms with Crippen LogP contribution >= 0.6 is 11.8 Å². The Hall–Kier alpha value is -3.46. The topological polar surface area (TPSA) is 111 Å². The zero-order chi connectivity index (χ0) is 20.4. The fraction of sp³-hybridized carbons (Fsp3) is 0.150. The van der Waals surface area contributed by atoms with Gasteiger partial charge in [-0.2, -0.15) is 0 Å². The number of fused-ring (bicyclic) bond motifs is 1. The molecular formula is C20H16N4O4S. The van der Waals surface area contributed by atoms with Crippen molar-refractivity contribution in [3.63, 3.8) is 0 Å². The Bertz CT molecular complexity index is 1250. The van der Waals surface area contributed by atoms with Gasteiger partial charge in [0, 0.05) is 17.3 Å². The van der Waals surface area contributed by atoms with Crippen molar-refractivity contribution in [1.29, 1.82) is 0 Å². The lowest BCUT2D eigenvalue weighted by atomic mass is 10.1. The summed E-state index contributed by atoms with van der Waals surface area (Å²) in [5.41, 5.74) is 2.14. The summed E-state index contributed by atoms with van der Waals surface area (Å²) in [7, 11) is 1.26. The van der Waals surface area contributed by atoms with Gasteiger partial charge in [-0.3, -0.25) is 4.79 Å². The van der Waals surface area contributed by atoms with E-state index in [1.807, 2.05) is 36.4 Å². The second-order valence-electron chi connectivity index (χ2n) is 6.21. The number of carbonyl (C=O) groups excluding carboxylic acids is 1. The van der Waals surface area contributed by atoms with Crippen LogP contribution in [-0.2, 0) is 10.5 Å². The summed E-state index contributed by atoms with van der Waals surface area (Å²) in [4.78, 5) is 35.9. The smallest absolute Gasteiger partial charge is 0.338 e. The fourth-order valence-corrected chi connectivity index (χ4v) is 3.58. The first kappa shape index (κ1) is 18.9. The van der Waals surface area contributed by atoms with E-state index in [0.717, 1.165) is 11.3 Å². The van der Waals surface area contributed by atoms with Gasteiger partial charge >= 0.3 is 5.97 Å². The third-order valence-electron chi connectivity index (χ3n) is 4.17. The Kier molecular flexibility index (Phi) is 5.13. The Balaban J connectivity index is 1.60. The summed E-state index contributed by atoms with van der Waals surface area (Å²) >= 11 is 1.28. The summed E-state index contributed by atoms with van der Waals surface area (Å²) in [6, 6.07) is 13.0. The molecule has 0 unspecified atom stereocenters. The molecule has 1 N–H and O–H groups in total. The number of ether oxygens (including phenoxy) is 1. The minimum atomic E-state index is -0.608. The highest BCUT2D eigenvalue weighted by atomic mass is 32.2. The summed E-state index contributed by atoms with van der Waals surface area (Å²) in [6.45, 7) is 1.72. The first-order chi connectivity index (χ1) is 14.0. The van der Waals surface area contributed by atoms with Crippen LogP contribution in [0.5, 0.6) is 0 Å². The van der Waals surface area contributed by atoms with E-state index in [-0.39, 0.29) is 16.6 Å². The molecule has 0 aliphatic heterocycles. The van der Waals surface area contributed by atoms with Crippen LogP contribution in [0.15, 0.2) is 56.9 Å². The number of esters is 1. The number of aromatic amines is 1. The molecular weight excluding hydrogens is 392 g/mol. The number of aromatic nitrogens is 4. The largest absolute Gasteiger partial charge is 0.465 e. The number of rotatable bonds is 5. The van der Waals surface area contributed by atoms with Crippen molar-refractivity contribution in [3.05, 3.63) is 69.8 Å². The monoisotopic (exact) mass is 408 g/mol. The zero-order valence-corrected chi connectivity index (χ0v) is 16.4. The van der Waals surface area contributed by atoms with Crippen LogP contribution in [0.1, 0.15) is 21.8 Å². The molecule has 0 aliphatic carbocycles. The van der Waals surface area contributed by atoms with Crippen LogP contribution in [0.4, 0.5) is 0 Å². The Morgan fingerprint density at radius 1 is 1.21 bits per heavy atom. The van der Waals surface area contributed by atoms with Crippen LogP contribution in [0.2, 0.25) is 0 Å². The molecule has 0 fully saturated rings. The van der Waals surface area contributed by atoms with E-state index in [0.29, 0.717) is 22.4 Å². The third-order valence-corrected chi connectivity index (χ3v) is 5.06.